The van der Waals surface area contributed by atoms with Crippen LogP contribution in [0.25, 0.3) is 5.69 Å². The summed E-state index contributed by atoms with van der Waals surface area (Å²) in [7, 11) is 1.84. The lowest BCUT2D eigenvalue weighted by atomic mass is 10.2. The van der Waals surface area contributed by atoms with Crippen LogP contribution in [0.2, 0.25) is 10.0 Å². The van der Waals surface area contributed by atoms with Gasteiger partial charge < -0.3 is 5.11 Å². The summed E-state index contributed by atoms with van der Waals surface area (Å²) in [6, 6.07) is 5.20. The van der Waals surface area contributed by atoms with Crippen LogP contribution in [-0.4, -0.2) is 44.6 Å². The molecule has 1 aromatic heterocycles. The van der Waals surface area contributed by atoms with Gasteiger partial charge in [-0.05, 0) is 25.2 Å². The summed E-state index contributed by atoms with van der Waals surface area (Å²) in [6.45, 7) is 2.62. The van der Waals surface area contributed by atoms with Crippen molar-refractivity contribution in [3.63, 3.8) is 0 Å². The average molecular weight is 343 g/mol. The molecule has 1 heterocycles. The van der Waals surface area contributed by atoms with Crippen LogP contribution in [0, 0.1) is 5.92 Å². The van der Waals surface area contributed by atoms with E-state index in [2.05, 4.69) is 10.3 Å². The predicted molar refractivity (Wildman–Crippen MR) is 84.5 cm³/mol. The normalized spacial score (nSPS) is 12.6. The summed E-state index contributed by atoms with van der Waals surface area (Å²) in [5.74, 6) is -1.25. The predicted octanol–water partition coefficient (Wildman–Crippen LogP) is 2.73. The van der Waals surface area contributed by atoms with Crippen LogP contribution in [0.5, 0.6) is 0 Å². The largest absolute Gasteiger partial charge is 0.481 e. The lowest BCUT2D eigenvalue weighted by Crippen LogP contribution is -2.28. The second kappa shape index (κ2) is 7.09. The molecule has 1 unspecified atom stereocenters. The van der Waals surface area contributed by atoms with Crippen LogP contribution < -0.4 is 0 Å². The Morgan fingerprint density at radius 1 is 1.41 bits per heavy atom. The number of hydrogen-bond acceptors (Lipinski definition) is 4. The van der Waals surface area contributed by atoms with Gasteiger partial charge in [-0.3, -0.25) is 9.69 Å². The number of aromatic nitrogens is 3. The van der Waals surface area contributed by atoms with E-state index in [1.54, 1.807) is 36.0 Å². The first-order valence-electron chi connectivity index (χ1n) is 6.65. The zero-order chi connectivity index (χ0) is 16.3. The Morgan fingerprint density at radius 3 is 2.77 bits per heavy atom. The third-order valence-corrected chi connectivity index (χ3v) is 3.89. The number of nitrogens with zero attached hydrogens (tertiary/aromatic N) is 4. The van der Waals surface area contributed by atoms with Crippen molar-refractivity contribution < 1.29 is 9.90 Å². The van der Waals surface area contributed by atoms with Gasteiger partial charge in [0.15, 0.2) is 0 Å². The monoisotopic (exact) mass is 342 g/mol. The first-order chi connectivity index (χ1) is 10.4. The number of benzene rings is 1. The van der Waals surface area contributed by atoms with Crippen molar-refractivity contribution in [2.24, 2.45) is 5.92 Å². The van der Waals surface area contributed by atoms with Crippen LogP contribution in [0.15, 0.2) is 24.4 Å². The third-order valence-electron chi connectivity index (χ3n) is 3.15. The zero-order valence-corrected chi connectivity index (χ0v) is 13.7. The molecule has 0 spiro atoms. The minimum Gasteiger partial charge on any atom is -0.481 e. The molecule has 118 valence electrons. The molecule has 1 aromatic carbocycles. The molecule has 1 atom stereocenters. The van der Waals surface area contributed by atoms with Crippen molar-refractivity contribution in [2.75, 3.05) is 13.6 Å². The number of rotatable bonds is 6. The molecule has 0 bridgehead atoms. The van der Waals surface area contributed by atoms with E-state index in [1.165, 1.54) is 0 Å². The molecule has 0 radical (unpaired) electrons. The van der Waals surface area contributed by atoms with Gasteiger partial charge in [0.1, 0.15) is 0 Å². The standard InChI is InChI=1S/C14H16Cl2N4O2/c1-9(14(21)22)6-19(2)7-10-8-20(18-17-10)11-3-4-12(15)13(16)5-11/h3-5,8-9H,6-7H2,1-2H3,(H,21,22). The molecular weight excluding hydrogens is 327 g/mol. The summed E-state index contributed by atoms with van der Waals surface area (Å²) >= 11 is 11.9. The van der Waals surface area contributed by atoms with Gasteiger partial charge in [0.05, 0.1) is 33.5 Å². The number of aliphatic carboxylic acids is 1. The number of carboxylic acid groups (broad SMARTS) is 1. The Labute approximate surface area is 138 Å². The van der Waals surface area contributed by atoms with Gasteiger partial charge in [-0.1, -0.05) is 35.3 Å². The molecule has 0 amide bonds. The smallest absolute Gasteiger partial charge is 0.307 e. The van der Waals surface area contributed by atoms with Crippen LogP contribution >= 0.6 is 23.2 Å². The van der Waals surface area contributed by atoms with Crippen LogP contribution in [-0.2, 0) is 11.3 Å². The molecule has 0 saturated carbocycles. The topological polar surface area (TPSA) is 71.2 Å². The second-order valence-electron chi connectivity index (χ2n) is 5.19. The molecule has 0 aliphatic rings. The van der Waals surface area contributed by atoms with Crippen molar-refractivity contribution in [1.82, 2.24) is 19.9 Å². The Morgan fingerprint density at radius 2 is 2.14 bits per heavy atom. The van der Waals surface area contributed by atoms with Gasteiger partial charge in [-0.25, -0.2) is 4.68 Å². The van der Waals surface area contributed by atoms with E-state index in [1.807, 2.05) is 11.9 Å². The fourth-order valence-corrected chi connectivity index (χ4v) is 2.30. The van der Waals surface area contributed by atoms with Gasteiger partial charge in [0, 0.05) is 13.1 Å². The molecule has 0 aliphatic carbocycles. The van der Waals surface area contributed by atoms with E-state index in [0.29, 0.717) is 23.1 Å². The highest BCUT2D eigenvalue weighted by molar-refractivity contribution is 6.42. The molecule has 8 heteroatoms. The number of carbonyl (C=O) groups is 1. The molecule has 0 fully saturated rings. The Kier molecular flexibility index (Phi) is 5.39. The molecule has 2 rings (SSSR count). The summed E-state index contributed by atoms with van der Waals surface area (Å²) < 4.78 is 1.60. The molecule has 1 N–H and O–H groups in total. The lowest BCUT2D eigenvalue weighted by Gasteiger charge is -2.17. The summed E-state index contributed by atoms with van der Waals surface area (Å²) in [5.41, 5.74) is 1.50. The highest BCUT2D eigenvalue weighted by atomic mass is 35.5. The SMILES string of the molecule is CC(CN(C)Cc1cn(-c2ccc(Cl)c(Cl)c2)nn1)C(=O)O. The van der Waals surface area contributed by atoms with Gasteiger partial charge >= 0.3 is 5.97 Å². The quantitative estimate of drug-likeness (QED) is 0.873. The van der Waals surface area contributed by atoms with Gasteiger partial charge in [0.25, 0.3) is 0 Å². The molecule has 0 aliphatic heterocycles. The van der Waals surface area contributed by atoms with Gasteiger partial charge in [0.2, 0.25) is 0 Å². The van der Waals surface area contributed by atoms with Crippen LogP contribution in [0.3, 0.4) is 0 Å². The Balaban J connectivity index is 2.05. The van der Waals surface area contributed by atoms with Gasteiger partial charge in [-0.2, -0.15) is 0 Å². The minimum absolute atomic E-state index is 0.435. The van der Waals surface area contributed by atoms with Gasteiger partial charge in [-0.15, -0.1) is 5.10 Å². The zero-order valence-electron chi connectivity index (χ0n) is 12.2. The third kappa shape index (κ3) is 4.19. The van der Waals surface area contributed by atoms with E-state index < -0.39 is 11.9 Å². The van der Waals surface area contributed by atoms with Crippen molar-refractivity contribution >= 4 is 29.2 Å². The minimum atomic E-state index is -0.814. The first kappa shape index (κ1) is 16.7. The second-order valence-corrected chi connectivity index (χ2v) is 6.00. The van der Waals surface area contributed by atoms with E-state index in [-0.39, 0.29) is 0 Å². The molecule has 2 aromatic rings. The number of carboxylic acids is 1. The van der Waals surface area contributed by atoms with E-state index >= 15 is 0 Å². The van der Waals surface area contributed by atoms with Crippen molar-refractivity contribution in [3.05, 3.63) is 40.1 Å². The Bertz CT molecular complexity index is 675. The van der Waals surface area contributed by atoms with E-state index in [0.717, 1.165) is 11.4 Å². The Hall–Kier alpha value is -1.63. The molecule has 22 heavy (non-hydrogen) atoms. The maximum atomic E-state index is 10.9. The summed E-state index contributed by atoms with van der Waals surface area (Å²) in [5, 5.41) is 18.0. The maximum absolute atomic E-state index is 10.9. The number of hydrogen-bond donors (Lipinski definition) is 1. The molecule has 0 saturated heterocycles. The van der Waals surface area contributed by atoms with Crippen molar-refractivity contribution in [3.8, 4) is 5.69 Å². The highest BCUT2D eigenvalue weighted by Crippen LogP contribution is 2.24. The summed E-state index contributed by atoms with van der Waals surface area (Å²) in [6.07, 6.45) is 1.78. The maximum Gasteiger partial charge on any atom is 0.307 e. The van der Waals surface area contributed by atoms with Crippen molar-refractivity contribution in [1.29, 1.82) is 0 Å². The van der Waals surface area contributed by atoms with Crippen LogP contribution in [0.4, 0.5) is 0 Å². The fourth-order valence-electron chi connectivity index (χ4n) is 2.01. The average Bonchev–Trinajstić information content (AvgIpc) is 2.90. The summed E-state index contributed by atoms with van der Waals surface area (Å²) in [4.78, 5) is 12.7. The molecule has 6 nitrogen and oxygen atoms in total. The highest BCUT2D eigenvalue weighted by Gasteiger charge is 2.15. The van der Waals surface area contributed by atoms with E-state index in [9.17, 15) is 4.79 Å². The van der Waals surface area contributed by atoms with E-state index in [4.69, 9.17) is 28.3 Å². The van der Waals surface area contributed by atoms with Crippen molar-refractivity contribution in [2.45, 2.75) is 13.5 Å². The lowest BCUT2D eigenvalue weighted by molar-refractivity contribution is -0.141. The van der Waals surface area contributed by atoms with Crippen LogP contribution in [0.1, 0.15) is 12.6 Å². The fraction of sp³-hybridized carbons (Fsp3) is 0.357. The number of halogens is 2. The first-order valence-corrected chi connectivity index (χ1v) is 7.40. The molecular formula is C14H16Cl2N4O2.